The highest BCUT2D eigenvalue weighted by molar-refractivity contribution is 6.30. The third kappa shape index (κ3) is 4.96. The standard InChI is InChI=1S/C21H19ClF6N2O2/c1-11(31)30-18-5-2-12-6-16(3-4-17(12)18)29-10-19(32,21(26,27)28)13-7-14(20(23,24)25)9-15(22)8-13/h3-4,6-9,18,29,32H,2,5,10H2,1H3,(H,30,31)/t18-,19-/m1/s1. The molecule has 0 aromatic heterocycles. The first-order valence-electron chi connectivity index (χ1n) is 9.52. The van der Waals surface area contributed by atoms with Crippen molar-refractivity contribution in [2.24, 2.45) is 0 Å². The van der Waals surface area contributed by atoms with Crippen LogP contribution in [0.4, 0.5) is 32.0 Å². The molecule has 1 aliphatic rings. The molecule has 11 heteroatoms. The monoisotopic (exact) mass is 480 g/mol. The minimum Gasteiger partial charge on any atom is -0.381 e. The van der Waals surface area contributed by atoms with Gasteiger partial charge in [-0.15, -0.1) is 0 Å². The smallest absolute Gasteiger partial charge is 0.381 e. The molecule has 1 aliphatic carbocycles. The van der Waals surface area contributed by atoms with Gasteiger partial charge in [0.25, 0.3) is 0 Å². The number of hydrogen-bond acceptors (Lipinski definition) is 3. The molecule has 0 saturated heterocycles. The van der Waals surface area contributed by atoms with Crippen molar-refractivity contribution < 1.29 is 36.2 Å². The molecule has 0 unspecified atom stereocenters. The topological polar surface area (TPSA) is 61.4 Å². The molecule has 0 spiro atoms. The molecule has 0 saturated carbocycles. The molecule has 2 aromatic rings. The summed E-state index contributed by atoms with van der Waals surface area (Å²) in [5.74, 6) is -0.208. The molecule has 0 fully saturated rings. The van der Waals surface area contributed by atoms with Crippen LogP contribution in [0.5, 0.6) is 0 Å². The number of amides is 1. The highest BCUT2D eigenvalue weighted by Crippen LogP contribution is 2.42. The van der Waals surface area contributed by atoms with Crippen molar-refractivity contribution in [1.82, 2.24) is 5.32 Å². The fourth-order valence-corrected chi connectivity index (χ4v) is 3.95. The quantitative estimate of drug-likeness (QED) is 0.506. The molecular formula is C21H19ClF6N2O2. The van der Waals surface area contributed by atoms with Crippen molar-refractivity contribution in [3.05, 3.63) is 63.7 Å². The van der Waals surface area contributed by atoms with Crippen LogP contribution in [0.1, 0.15) is 41.6 Å². The summed E-state index contributed by atoms with van der Waals surface area (Å²) >= 11 is 5.61. The SMILES string of the molecule is CC(=O)N[C@@H]1CCc2cc(NC[C@@](O)(c3cc(Cl)cc(C(F)(F)F)c3)C(F)(F)F)ccc21. The van der Waals surface area contributed by atoms with E-state index in [0.717, 1.165) is 11.1 Å². The Bertz CT molecular complexity index is 1020. The summed E-state index contributed by atoms with van der Waals surface area (Å²) in [7, 11) is 0. The summed E-state index contributed by atoms with van der Waals surface area (Å²) in [6.07, 6.45) is -9.01. The van der Waals surface area contributed by atoms with Crippen molar-refractivity contribution in [3.8, 4) is 0 Å². The Kier molecular flexibility index (Phi) is 6.41. The van der Waals surface area contributed by atoms with Crippen molar-refractivity contribution >= 4 is 23.2 Å². The molecule has 2 atom stereocenters. The minimum absolute atomic E-state index is 0.198. The number of alkyl halides is 6. The molecule has 174 valence electrons. The van der Waals surface area contributed by atoms with Crippen molar-refractivity contribution in [2.45, 2.75) is 43.8 Å². The number of nitrogens with one attached hydrogen (secondary N) is 2. The Hall–Kier alpha value is -2.46. The number of hydrogen-bond donors (Lipinski definition) is 3. The lowest BCUT2D eigenvalue weighted by Gasteiger charge is -2.32. The van der Waals surface area contributed by atoms with Crippen LogP contribution in [0.2, 0.25) is 5.02 Å². The first-order valence-corrected chi connectivity index (χ1v) is 9.89. The molecule has 0 radical (unpaired) electrons. The van der Waals surface area contributed by atoms with E-state index in [1.165, 1.54) is 13.0 Å². The average Bonchev–Trinajstić information content (AvgIpc) is 3.05. The van der Waals surface area contributed by atoms with Crippen molar-refractivity contribution in [1.29, 1.82) is 0 Å². The Balaban J connectivity index is 1.89. The largest absolute Gasteiger partial charge is 0.423 e. The van der Waals surface area contributed by atoms with Crippen LogP contribution >= 0.6 is 11.6 Å². The molecule has 2 aromatic carbocycles. The maximum atomic E-state index is 13.8. The predicted molar refractivity (Wildman–Crippen MR) is 106 cm³/mol. The number of rotatable bonds is 5. The second-order valence-electron chi connectivity index (χ2n) is 7.64. The predicted octanol–water partition coefficient (Wildman–Crippen LogP) is 5.34. The third-order valence-electron chi connectivity index (χ3n) is 5.32. The number of halogens is 7. The molecule has 3 N–H and O–H groups in total. The van der Waals surface area contributed by atoms with Gasteiger partial charge < -0.3 is 15.7 Å². The van der Waals surface area contributed by atoms with Gasteiger partial charge in [-0.25, -0.2) is 0 Å². The van der Waals surface area contributed by atoms with Crippen LogP contribution in [-0.2, 0) is 23.0 Å². The third-order valence-corrected chi connectivity index (χ3v) is 5.54. The van der Waals surface area contributed by atoms with Crippen molar-refractivity contribution in [3.63, 3.8) is 0 Å². The second kappa shape index (κ2) is 8.47. The molecule has 4 nitrogen and oxygen atoms in total. The lowest BCUT2D eigenvalue weighted by Crippen LogP contribution is -2.48. The van der Waals surface area contributed by atoms with Crippen LogP contribution in [0.15, 0.2) is 36.4 Å². The zero-order valence-electron chi connectivity index (χ0n) is 16.7. The van der Waals surface area contributed by atoms with E-state index in [9.17, 15) is 36.2 Å². The van der Waals surface area contributed by atoms with E-state index in [2.05, 4.69) is 10.6 Å². The van der Waals surface area contributed by atoms with Gasteiger partial charge in [0, 0.05) is 17.6 Å². The Morgan fingerprint density at radius 2 is 1.75 bits per heavy atom. The number of aliphatic hydroxyl groups is 1. The Labute approximate surface area is 184 Å². The van der Waals surface area contributed by atoms with E-state index in [0.29, 0.717) is 25.0 Å². The molecule has 0 aliphatic heterocycles. The zero-order valence-corrected chi connectivity index (χ0v) is 17.4. The van der Waals surface area contributed by atoms with Crippen LogP contribution in [0.25, 0.3) is 0 Å². The summed E-state index contributed by atoms with van der Waals surface area (Å²) in [4.78, 5) is 11.3. The van der Waals surface area contributed by atoms with E-state index >= 15 is 0 Å². The van der Waals surface area contributed by atoms with Crippen LogP contribution in [0.3, 0.4) is 0 Å². The first kappa shape index (κ1) is 24.2. The molecule has 0 bridgehead atoms. The number of carbonyl (C=O) groups is 1. The molecule has 3 rings (SSSR count). The number of carbonyl (C=O) groups excluding carboxylic acids is 1. The maximum absolute atomic E-state index is 13.8. The van der Waals surface area contributed by atoms with Gasteiger partial charge in [0.2, 0.25) is 11.5 Å². The normalized spacial score (nSPS) is 18.1. The lowest BCUT2D eigenvalue weighted by molar-refractivity contribution is -0.260. The number of anilines is 1. The van der Waals surface area contributed by atoms with Crippen molar-refractivity contribution in [2.75, 3.05) is 11.9 Å². The van der Waals surface area contributed by atoms with Gasteiger partial charge in [-0.1, -0.05) is 17.7 Å². The Morgan fingerprint density at radius 3 is 2.34 bits per heavy atom. The minimum atomic E-state index is -5.29. The van der Waals surface area contributed by atoms with E-state index in [4.69, 9.17) is 11.6 Å². The highest BCUT2D eigenvalue weighted by atomic mass is 35.5. The summed E-state index contributed by atoms with van der Waals surface area (Å²) in [6.45, 7) is 0.244. The first-order chi connectivity index (χ1) is 14.7. The fourth-order valence-electron chi connectivity index (χ4n) is 3.71. The number of fused-ring (bicyclic) bond motifs is 1. The fraction of sp³-hybridized carbons (Fsp3) is 0.381. The highest BCUT2D eigenvalue weighted by Gasteiger charge is 2.55. The van der Waals surface area contributed by atoms with Crippen LogP contribution < -0.4 is 10.6 Å². The van der Waals surface area contributed by atoms with E-state index in [1.807, 2.05) is 0 Å². The summed E-state index contributed by atoms with van der Waals surface area (Å²) in [5.41, 5.74) is -4.16. The number of benzene rings is 2. The van der Waals surface area contributed by atoms with Gasteiger partial charge in [0.1, 0.15) is 0 Å². The summed E-state index contributed by atoms with van der Waals surface area (Å²) in [5, 5.41) is 15.1. The van der Waals surface area contributed by atoms with Gasteiger partial charge in [0.15, 0.2) is 0 Å². The summed E-state index contributed by atoms with van der Waals surface area (Å²) in [6, 6.07) is 5.91. The van der Waals surface area contributed by atoms with E-state index in [1.54, 1.807) is 12.1 Å². The van der Waals surface area contributed by atoms with E-state index in [-0.39, 0.29) is 23.7 Å². The maximum Gasteiger partial charge on any atom is 0.423 e. The Morgan fingerprint density at radius 1 is 1.09 bits per heavy atom. The lowest BCUT2D eigenvalue weighted by atomic mass is 9.91. The van der Waals surface area contributed by atoms with Gasteiger partial charge in [-0.05, 0) is 59.9 Å². The molecule has 32 heavy (non-hydrogen) atoms. The van der Waals surface area contributed by atoms with Crippen LogP contribution in [-0.4, -0.2) is 23.7 Å². The molecule has 0 heterocycles. The molecule has 1 amide bonds. The van der Waals surface area contributed by atoms with Gasteiger partial charge >= 0.3 is 12.4 Å². The molecular weight excluding hydrogens is 462 g/mol. The average molecular weight is 481 g/mol. The second-order valence-corrected chi connectivity index (χ2v) is 8.08. The summed E-state index contributed by atoms with van der Waals surface area (Å²) < 4.78 is 80.5. The van der Waals surface area contributed by atoms with Gasteiger partial charge in [0.05, 0.1) is 18.2 Å². The van der Waals surface area contributed by atoms with E-state index < -0.39 is 40.6 Å². The number of aryl methyl sites for hydroxylation is 1. The van der Waals surface area contributed by atoms with Gasteiger partial charge in [-0.3, -0.25) is 4.79 Å². The van der Waals surface area contributed by atoms with Crippen LogP contribution in [0, 0.1) is 0 Å². The van der Waals surface area contributed by atoms with Gasteiger partial charge in [-0.2, -0.15) is 26.3 Å². The zero-order chi connectivity index (χ0) is 23.9.